The number of halogens is 3. The van der Waals surface area contributed by atoms with Crippen LogP contribution in [0.5, 0.6) is 5.75 Å². The van der Waals surface area contributed by atoms with E-state index in [-0.39, 0.29) is 11.4 Å². The molecule has 0 bridgehead atoms. The lowest BCUT2D eigenvalue weighted by Gasteiger charge is -2.12. The Labute approximate surface area is 198 Å². The number of amides is 3. The fourth-order valence-corrected chi connectivity index (χ4v) is 4.50. The molecule has 1 heterocycles. The molecular weight excluding hydrogens is 595 g/mol. The molecule has 0 aliphatic carbocycles. The second-order valence-electron chi connectivity index (χ2n) is 5.84. The molecular formula is C19H13BrClIN2O4S. The summed E-state index contributed by atoms with van der Waals surface area (Å²) in [6.45, 7) is -0.379. The minimum Gasteiger partial charge on any atom is -0.496 e. The fraction of sp³-hybridized carbons (Fsp3) is 0.105. The number of methoxy groups -OCH3 is 1. The minimum atomic E-state index is -0.505. The molecule has 0 spiro atoms. The topological polar surface area (TPSA) is 75.7 Å². The first-order chi connectivity index (χ1) is 13.8. The van der Waals surface area contributed by atoms with E-state index in [9.17, 15) is 14.4 Å². The Morgan fingerprint density at radius 3 is 2.72 bits per heavy atom. The number of nitrogens with one attached hydrogen (secondary N) is 1. The zero-order valence-electron chi connectivity index (χ0n) is 14.9. The van der Waals surface area contributed by atoms with Gasteiger partial charge in [-0.2, -0.15) is 0 Å². The van der Waals surface area contributed by atoms with Crippen molar-refractivity contribution < 1.29 is 19.1 Å². The summed E-state index contributed by atoms with van der Waals surface area (Å²) >= 11 is 12.2. The molecule has 10 heteroatoms. The molecule has 2 aromatic rings. The highest BCUT2D eigenvalue weighted by Gasteiger charge is 2.36. The molecule has 2 aromatic carbocycles. The molecule has 150 valence electrons. The van der Waals surface area contributed by atoms with Crippen LogP contribution in [-0.2, 0) is 9.59 Å². The first kappa shape index (κ1) is 22.1. The summed E-state index contributed by atoms with van der Waals surface area (Å²) < 4.78 is 6.79. The van der Waals surface area contributed by atoms with E-state index < -0.39 is 17.1 Å². The number of carbonyl (C=O) groups excluding carboxylic acids is 3. The highest BCUT2D eigenvalue weighted by Crippen LogP contribution is 2.33. The minimum absolute atomic E-state index is 0.260. The molecule has 0 atom stereocenters. The van der Waals surface area contributed by atoms with Gasteiger partial charge in [0.15, 0.2) is 0 Å². The van der Waals surface area contributed by atoms with E-state index in [1.807, 2.05) is 6.07 Å². The number of hydrogen-bond donors (Lipinski definition) is 1. The Morgan fingerprint density at radius 1 is 1.31 bits per heavy atom. The molecule has 3 rings (SSSR count). The van der Waals surface area contributed by atoms with Gasteiger partial charge in [-0.25, -0.2) is 0 Å². The van der Waals surface area contributed by atoms with Crippen molar-refractivity contribution in [2.75, 3.05) is 19.0 Å². The van der Waals surface area contributed by atoms with Crippen molar-refractivity contribution in [3.63, 3.8) is 0 Å². The van der Waals surface area contributed by atoms with Crippen LogP contribution in [0.1, 0.15) is 5.56 Å². The van der Waals surface area contributed by atoms with E-state index in [1.165, 1.54) is 0 Å². The van der Waals surface area contributed by atoms with Crippen molar-refractivity contribution in [3.05, 3.63) is 59.9 Å². The van der Waals surface area contributed by atoms with Gasteiger partial charge in [0.1, 0.15) is 12.3 Å². The summed E-state index contributed by atoms with van der Waals surface area (Å²) in [7, 11) is 1.58. The first-order valence-electron chi connectivity index (χ1n) is 8.12. The Kier molecular flexibility index (Phi) is 7.25. The number of rotatable bonds is 5. The number of thioether (sulfide) groups is 1. The third kappa shape index (κ3) is 5.33. The van der Waals surface area contributed by atoms with E-state index in [1.54, 1.807) is 43.5 Å². The normalized spacial score (nSPS) is 15.2. The summed E-state index contributed by atoms with van der Waals surface area (Å²) in [5.41, 5.74) is 1.23. The maximum absolute atomic E-state index is 12.6. The average Bonchev–Trinajstić information content (AvgIpc) is 2.92. The Hall–Kier alpha value is -1.56. The van der Waals surface area contributed by atoms with Crippen LogP contribution in [0.2, 0.25) is 5.02 Å². The van der Waals surface area contributed by atoms with E-state index in [4.69, 9.17) is 16.3 Å². The van der Waals surface area contributed by atoms with Gasteiger partial charge < -0.3 is 10.1 Å². The summed E-state index contributed by atoms with van der Waals surface area (Å²) in [5.74, 6) is -0.277. The second kappa shape index (κ2) is 9.50. The molecule has 1 saturated heterocycles. The van der Waals surface area contributed by atoms with Crippen molar-refractivity contribution in [2.45, 2.75) is 0 Å². The van der Waals surface area contributed by atoms with Gasteiger partial charge in [-0.15, -0.1) is 0 Å². The van der Waals surface area contributed by atoms with Gasteiger partial charge in [0.05, 0.1) is 20.6 Å². The van der Waals surface area contributed by atoms with Crippen LogP contribution in [0.25, 0.3) is 6.08 Å². The quantitative estimate of drug-likeness (QED) is 0.365. The molecule has 0 saturated carbocycles. The fourth-order valence-electron chi connectivity index (χ4n) is 2.48. The molecule has 3 amide bonds. The van der Waals surface area contributed by atoms with Gasteiger partial charge in [-0.05, 0) is 92.3 Å². The maximum Gasteiger partial charge on any atom is 0.294 e. The second-order valence-corrected chi connectivity index (χ2v) is 9.26. The van der Waals surface area contributed by atoms with Crippen LogP contribution in [0.4, 0.5) is 10.5 Å². The molecule has 0 unspecified atom stereocenters. The largest absolute Gasteiger partial charge is 0.496 e. The lowest BCUT2D eigenvalue weighted by atomic mass is 10.2. The summed E-state index contributed by atoms with van der Waals surface area (Å²) in [6.07, 6.45) is 1.62. The standard InChI is InChI=1S/C19H13BrClIN2O4S/c1-28-15-5-2-10(6-14(15)22)7-16-18(26)24(19(27)29-16)9-17(25)23-11-3-4-12(20)13(21)8-11/h2-8H,9H2,1H3,(H,23,25)/b16-7-. The Morgan fingerprint density at radius 2 is 2.07 bits per heavy atom. The molecule has 6 nitrogen and oxygen atoms in total. The Bertz CT molecular complexity index is 1050. The van der Waals surface area contributed by atoms with Gasteiger partial charge in [0, 0.05) is 10.2 Å². The van der Waals surface area contributed by atoms with Crippen LogP contribution in [0.15, 0.2) is 45.8 Å². The SMILES string of the molecule is COc1ccc(/C=C2\SC(=O)N(CC(=O)Nc3ccc(Br)c(Cl)c3)C2=O)cc1I. The highest BCUT2D eigenvalue weighted by molar-refractivity contribution is 14.1. The maximum atomic E-state index is 12.6. The number of anilines is 1. The smallest absolute Gasteiger partial charge is 0.294 e. The summed E-state index contributed by atoms with van der Waals surface area (Å²) in [4.78, 5) is 38.3. The zero-order valence-corrected chi connectivity index (χ0v) is 20.2. The third-order valence-electron chi connectivity index (χ3n) is 3.85. The molecule has 1 fully saturated rings. The molecule has 0 aromatic heterocycles. The number of hydrogen-bond acceptors (Lipinski definition) is 5. The van der Waals surface area contributed by atoms with E-state index >= 15 is 0 Å². The van der Waals surface area contributed by atoms with Crippen molar-refractivity contribution in [2.24, 2.45) is 0 Å². The predicted octanol–water partition coefficient (Wildman–Crippen LogP) is 5.39. The number of nitrogens with zero attached hydrogens (tertiary/aromatic N) is 1. The third-order valence-corrected chi connectivity index (χ3v) is 6.84. The van der Waals surface area contributed by atoms with Crippen molar-refractivity contribution in [1.29, 1.82) is 0 Å². The molecule has 1 aliphatic rings. The van der Waals surface area contributed by atoms with E-state index in [0.717, 1.165) is 31.5 Å². The monoisotopic (exact) mass is 606 g/mol. The van der Waals surface area contributed by atoms with Crippen molar-refractivity contribution in [3.8, 4) is 5.75 Å². The van der Waals surface area contributed by atoms with Crippen molar-refractivity contribution in [1.82, 2.24) is 4.90 Å². The summed E-state index contributed by atoms with van der Waals surface area (Å²) in [5, 5.41) is 2.57. The number of ether oxygens (including phenoxy) is 1. The molecule has 29 heavy (non-hydrogen) atoms. The molecule has 0 radical (unpaired) electrons. The number of carbonyl (C=O) groups is 3. The first-order valence-corrected chi connectivity index (χ1v) is 11.2. The van der Waals surface area contributed by atoms with Gasteiger partial charge in [0.2, 0.25) is 5.91 Å². The number of imide groups is 1. The number of benzene rings is 2. The van der Waals surface area contributed by atoms with Crippen LogP contribution < -0.4 is 10.1 Å². The summed E-state index contributed by atoms with van der Waals surface area (Å²) in [6, 6.07) is 10.3. The van der Waals surface area contributed by atoms with Gasteiger partial charge in [-0.3, -0.25) is 19.3 Å². The Balaban J connectivity index is 1.70. The van der Waals surface area contributed by atoms with E-state index in [2.05, 4.69) is 43.8 Å². The zero-order chi connectivity index (χ0) is 21.1. The van der Waals surface area contributed by atoms with Gasteiger partial charge in [-0.1, -0.05) is 17.7 Å². The predicted molar refractivity (Wildman–Crippen MR) is 126 cm³/mol. The highest BCUT2D eigenvalue weighted by atomic mass is 127. The van der Waals surface area contributed by atoms with E-state index in [0.29, 0.717) is 15.2 Å². The molecule has 1 aliphatic heterocycles. The lowest BCUT2D eigenvalue weighted by Crippen LogP contribution is -2.36. The van der Waals surface area contributed by atoms with Gasteiger partial charge >= 0.3 is 0 Å². The van der Waals surface area contributed by atoms with Crippen LogP contribution in [0, 0.1) is 3.57 Å². The molecule has 1 N–H and O–H groups in total. The van der Waals surface area contributed by atoms with Crippen LogP contribution >= 0.6 is 61.9 Å². The van der Waals surface area contributed by atoms with Gasteiger partial charge in [0.25, 0.3) is 11.1 Å². The lowest BCUT2D eigenvalue weighted by molar-refractivity contribution is -0.127. The van der Waals surface area contributed by atoms with Crippen molar-refractivity contribution >= 4 is 90.7 Å². The average molecular weight is 608 g/mol. The van der Waals surface area contributed by atoms with Crippen LogP contribution in [0.3, 0.4) is 0 Å². The van der Waals surface area contributed by atoms with Crippen LogP contribution in [-0.4, -0.2) is 35.6 Å².